The quantitative estimate of drug-likeness (QED) is 0.187. The molecule has 0 spiro atoms. The highest BCUT2D eigenvalue weighted by molar-refractivity contribution is 6.74. The number of benzene rings is 1. The molecule has 0 aromatic heterocycles. The van der Waals surface area contributed by atoms with Crippen molar-refractivity contribution in [2.75, 3.05) is 27.1 Å². The summed E-state index contributed by atoms with van der Waals surface area (Å²) >= 11 is 0. The highest BCUT2D eigenvalue weighted by Crippen LogP contribution is 2.36. The van der Waals surface area contributed by atoms with Gasteiger partial charge in [0.2, 0.25) is 0 Å². The van der Waals surface area contributed by atoms with Crippen LogP contribution in [-0.4, -0.2) is 41.3 Å². The molecule has 0 amide bonds. The fourth-order valence-corrected chi connectivity index (χ4v) is 3.83. The third-order valence-corrected chi connectivity index (χ3v) is 10.2. The van der Waals surface area contributed by atoms with Crippen LogP contribution in [0.4, 0.5) is 0 Å². The van der Waals surface area contributed by atoms with Crippen molar-refractivity contribution in [2.45, 2.75) is 77.0 Å². The second kappa shape index (κ2) is 13.2. The van der Waals surface area contributed by atoms with Crippen LogP contribution in [0.1, 0.15) is 64.5 Å². The monoisotopic (exact) mass is 423 g/mol. The Morgan fingerprint density at radius 3 is 2.41 bits per heavy atom. The minimum atomic E-state index is -1.72. The molecule has 0 saturated carbocycles. The van der Waals surface area contributed by atoms with Gasteiger partial charge in [0.25, 0.3) is 0 Å². The third-order valence-electron chi connectivity index (χ3n) is 5.66. The lowest BCUT2D eigenvalue weighted by Crippen LogP contribution is -2.41. The van der Waals surface area contributed by atoms with E-state index in [4.69, 9.17) is 13.9 Å². The van der Waals surface area contributed by atoms with Crippen LogP contribution in [0.5, 0.6) is 0 Å². The zero-order valence-electron chi connectivity index (χ0n) is 19.3. The predicted molar refractivity (Wildman–Crippen MR) is 121 cm³/mol. The number of ether oxygens (including phenoxy) is 2. The number of hydrogen-bond acceptors (Lipinski definition) is 5. The van der Waals surface area contributed by atoms with Crippen LogP contribution in [0.15, 0.2) is 30.3 Å². The average molecular weight is 424 g/mol. The van der Waals surface area contributed by atoms with E-state index in [1.807, 2.05) is 0 Å². The molecule has 166 valence electrons. The van der Waals surface area contributed by atoms with Crippen molar-refractivity contribution < 1.29 is 18.7 Å². The van der Waals surface area contributed by atoms with E-state index in [0.29, 0.717) is 6.42 Å². The van der Waals surface area contributed by atoms with E-state index in [1.54, 1.807) is 0 Å². The first kappa shape index (κ1) is 25.8. The first-order valence-corrected chi connectivity index (χ1v) is 13.6. The van der Waals surface area contributed by atoms with Gasteiger partial charge in [-0.2, -0.15) is 0 Å². The number of carbonyl (C=O) groups excluding carboxylic acids is 1. The van der Waals surface area contributed by atoms with Crippen molar-refractivity contribution in [1.29, 1.82) is 0 Å². The molecule has 0 aliphatic heterocycles. The molecule has 29 heavy (non-hydrogen) atoms. The average Bonchev–Trinajstić information content (AvgIpc) is 2.67. The molecule has 0 aliphatic rings. The van der Waals surface area contributed by atoms with Crippen molar-refractivity contribution in [2.24, 2.45) is 0 Å². The van der Waals surface area contributed by atoms with Crippen molar-refractivity contribution in [3.05, 3.63) is 35.9 Å². The van der Waals surface area contributed by atoms with Gasteiger partial charge in [-0.1, -0.05) is 57.5 Å². The van der Waals surface area contributed by atoms with E-state index in [0.717, 1.165) is 38.8 Å². The molecule has 0 fully saturated rings. The van der Waals surface area contributed by atoms with E-state index >= 15 is 0 Å². The summed E-state index contributed by atoms with van der Waals surface area (Å²) in [7, 11) is -0.209. The second-order valence-corrected chi connectivity index (χ2v) is 13.9. The van der Waals surface area contributed by atoms with Gasteiger partial charge in [-0.15, -0.1) is 0 Å². The third kappa shape index (κ3) is 10.4. The Labute approximate surface area is 178 Å². The minimum absolute atomic E-state index is 0.0378. The zero-order chi connectivity index (χ0) is 21.8. The highest BCUT2D eigenvalue weighted by atomic mass is 28.4. The smallest absolute Gasteiger partial charge is 0.307 e. The topological polar surface area (TPSA) is 56.8 Å². The highest BCUT2D eigenvalue weighted by Gasteiger charge is 2.37. The van der Waals surface area contributed by atoms with Crippen LogP contribution in [0.3, 0.4) is 0 Å². The summed E-state index contributed by atoms with van der Waals surface area (Å²) in [4.78, 5) is 11.5. The molecule has 5 nitrogen and oxygen atoms in total. The van der Waals surface area contributed by atoms with Crippen LogP contribution >= 0.6 is 0 Å². The first-order chi connectivity index (χ1) is 13.7. The fraction of sp³-hybridized carbons (Fsp3) is 0.696. The maximum atomic E-state index is 11.5. The Bertz CT molecular complexity index is 572. The molecule has 1 aromatic carbocycles. The number of nitrogens with one attached hydrogen (secondary N) is 1. The van der Waals surface area contributed by atoms with Crippen LogP contribution in [-0.2, 0) is 18.7 Å². The molecule has 0 aliphatic carbocycles. The Balaban J connectivity index is 2.41. The second-order valence-electron chi connectivity index (χ2n) is 9.05. The number of hydrogen-bond donors (Lipinski definition) is 1. The van der Waals surface area contributed by atoms with Gasteiger partial charge in [-0.3, -0.25) is 4.79 Å². The van der Waals surface area contributed by atoms with Gasteiger partial charge in [0.15, 0.2) is 15.1 Å². The van der Waals surface area contributed by atoms with E-state index in [2.05, 4.69) is 69.5 Å². The number of carbonyl (C=O) groups is 1. The molecular formula is C23H41NO4Si. The summed E-state index contributed by atoms with van der Waals surface area (Å²) in [6, 6.07) is 10.9. The largest absolute Gasteiger partial charge is 0.438 e. The zero-order valence-corrected chi connectivity index (χ0v) is 20.3. The summed E-state index contributed by atoms with van der Waals surface area (Å²) in [6.45, 7) is 13.2. The molecule has 6 heteroatoms. The SMILES string of the molecule is COCOC(=O)CCCCCNC(CCO[Si](C)(C)C(C)(C)C)c1ccccc1. The molecular weight excluding hydrogens is 382 g/mol. The molecule has 0 heterocycles. The Morgan fingerprint density at radius 2 is 1.79 bits per heavy atom. The molecule has 0 saturated heterocycles. The van der Waals surface area contributed by atoms with Gasteiger partial charge < -0.3 is 19.2 Å². The van der Waals surface area contributed by atoms with Gasteiger partial charge in [-0.05, 0) is 49.5 Å². The lowest BCUT2D eigenvalue weighted by Gasteiger charge is -2.36. The lowest BCUT2D eigenvalue weighted by atomic mass is 10.0. The first-order valence-electron chi connectivity index (χ1n) is 10.7. The predicted octanol–water partition coefficient (Wildman–Crippen LogP) is 5.44. The van der Waals surface area contributed by atoms with Crippen molar-refractivity contribution >= 4 is 14.3 Å². The van der Waals surface area contributed by atoms with Crippen LogP contribution in [0.25, 0.3) is 0 Å². The fourth-order valence-electron chi connectivity index (χ4n) is 2.76. The number of esters is 1. The molecule has 0 bridgehead atoms. The van der Waals surface area contributed by atoms with E-state index < -0.39 is 8.32 Å². The molecule has 1 rings (SSSR count). The summed E-state index contributed by atoms with van der Waals surface area (Å²) < 4.78 is 16.0. The van der Waals surface area contributed by atoms with E-state index in [9.17, 15) is 4.79 Å². The van der Waals surface area contributed by atoms with E-state index in [1.165, 1.54) is 12.7 Å². The maximum Gasteiger partial charge on any atom is 0.307 e. The standard InChI is InChI=1S/C23H41NO4Si/c1-23(2,3)29(5,6)28-18-16-21(20-13-9-7-10-14-20)24-17-12-8-11-15-22(25)27-19-26-4/h7,9-10,13-14,21,24H,8,11-12,15-19H2,1-6H3. The Hall–Kier alpha value is -1.21. The van der Waals surface area contributed by atoms with Crippen molar-refractivity contribution in [3.8, 4) is 0 Å². The lowest BCUT2D eigenvalue weighted by molar-refractivity contribution is -0.154. The van der Waals surface area contributed by atoms with Crippen molar-refractivity contribution in [3.63, 3.8) is 0 Å². The molecule has 1 aromatic rings. The molecule has 1 atom stereocenters. The van der Waals surface area contributed by atoms with Crippen LogP contribution < -0.4 is 5.32 Å². The van der Waals surface area contributed by atoms with Gasteiger partial charge in [-0.25, -0.2) is 0 Å². The summed E-state index contributed by atoms with van der Waals surface area (Å²) in [5, 5.41) is 3.91. The van der Waals surface area contributed by atoms with Gasteiger partial charge in [0.05, 0.1) is 0 Å². The van der Waals surface area contributed by atoms with E-state index in [-0.39, 0.29) is 23.8 Å². The number of methoxy groups -OCH3 is 1. The number of unbranched alkanes of at least 4 members (excludes halogenated alkanes) is 2. The van der Waals surface area contributed by atoms with Crippen molar-refractivity contribution in [1.82, 2.24) is 5.32 Å². The summed E-state index contributed by atoms with van der Waals surface area (Å²) in [6.07, 6.45) is 4.28. The van der Waals surface area contributed by atoms with Gasteiger partial charge >= 0.3 is 5.97 Å². The van der Waals surface area contributed by atoms with Gasteiger partial charge in [0, 0.05) is 26.2 Å². The molecule has 0 radical (unpaired) electrons. The summed E-state index contributed by atoms with van der Waals surface area (Å²) in [5.41, 5.74) is 1.30. The van der Waals surface area contributed by atoms with Gasteiger partial charge in [0.1, 0.15) is 0 Å². The van der Waals surface area contributed by atoms with Crippen LogP contribution in [0, 0.1) is 0 Å². The Kier molecular flexibility index (Phi) is 11.7. The molecule has 1 N–H and O–H groups in total. The Morgan fingerprint density at radius 1 is 1.10 bits per heavy atom. The normalized spacial score (nSPS) is 13.3. The molecule has 1 unspecified atom stereocenters. The number of rotatable bonds is 14. The maximum absolute atomic E-state index is 11.5. The minimum Gasteiger partial charge on any atom is -0.438 e. The van der Waals surface area contributed by atoms with Crippen LogP contribution in [0.2, 0.25) is 18.1 Å². The summed E-state index contributed by atoms with van der Waals surface area (Å²) in [5.74, 6) is -0.190.